The lowest BCUT2D eigenvalue weighted by Gasteiger charge is -2.41. The molecule has 0 unspecified atom stereocenters. The number of nitrogens with zero attached hydrogens (tertiary/aromatic N) is 2. The molecule has 2 amide bonds. The van der Waals surface area contributed by atoms with Crippen molar-refractivity contribution in [3.05, 3.63) is 64.7 Å². The quantitative estimate of drug-likeness (QED) is 0.722. The fourth-order valence-corrected chi connectivity index (χ4v) is 5.30. The molecule has 0 saturated carbocycles. The summed E-state index contributed by atoms with van der Waals surface area (Å²) >= 11 is 0. The maximum Gasteiger partial charge on any atom is 0.257 e. The summed E-state index contributed by atoms with van der Waals surface area (Å²) in [5.74, 6) is 0.554. The van der Waals surface area contributed by atoms with E-state index in [1.807, 2.05) is 66.1 Å². The van der Waals surface area contributed by atoms with Crippen molar-refractivity contribution in [2.24, 2.45) is 5.41 Å². The number of aryl methyl sites for hydroxylation is 2. The Hall–Kier alpha value is -2.86. The van der Waals surface area contributed by atoms with Crippen LogP contribution in [-0.4, -0.2) is 66.1 Å². The molecule has 2 aromatic rings. The van der Waals surface area contributed by atoms with Crippen LogP contribution in [0.3, 0.4) is 0 Å². The summed E-state index contributed by atoms with van der Waals surface area (Å²) < 4.78 is 6.08. The van der Waals surface area contributed by atoms with E-state index in [0.29, 0.717) is 44.1 Å². The Morgan fingerprint density at radius 2 is 1.65 bits per heavy atom. The molecule has 2 aromatic carbocycles. The lowest BCUT2D eigenvalue weighted by Crippen LogP contribution is -2.44. The minimum Gasteiger partial charge on any atom is -0.491 e. The van der Waals surface area contributed by atoms with Gasteiger partial charge in [0.15, 0.2) is 0 Å². The number of amides is 2. The zero-order valence-corrected chi connectivity index (χ0v) is 20.4. The van der Waals surface area contributed by atoms with Gasteiger partial charge >= 0.3 is 0 Å². The van der Waals surface area contributed by atoms with Crippen molar-refractivity contribution in [1.29, 1.82) is 0 Å². The lowest BCUT2D eigenvalue weighted by molar-refractivity contribution is 0.0297. The van der Waals surface area contributed by atoms with Gasteiger partial charge in [0, 0.05) is 31.8 Å². The van der Waals surface area contributed by atoms with Gasteiger partial charge in [0.2, 0.25) is 0 Å². The average Bonchev–Trinajstić information content (AvgIpc) is 2.85. The van der Waals surface area contributed by atoms with Crippen LogP contribution >= 0.6 is 0 Å². The van der Waals surface area contributed by atoms with E-state index in [0.717, 1.165) is 48.8 Å². The second-order valence-corrected chi connectivity index (χ2v) is 9.81. The molecule has 2 bridgehead atoms. The molecule has 0 radical (unpaired) electrons. The second-order valence-electron chi connectivity index (χ2n) is 9.81. The third-order valence-electron chi connectivity index (χ3n) is 7.55. The molecule has 0 spiro atoms. The topological polar surface area (TPSA) is 70.1 Å². The first kappa shape index (κ1) is 24.3. The summed E-state index contributed by atoms with van der Waals surface area (Å²) in [5.41, 5.74) is 3.12. The normalized spacial score (nSPS) is 19.1. The Balaban J connectivity index is 1.60. The van der Waals surface area contributed by atoms with Gasteiger partial charge in [-0.2, -0.15) is 0 Å². The summed E-state index contributed by atoms with van der Waals surface area (Å²) in [6.45, 7) is 6.79. The van der Waals surface area contributed by atoms with Crippen LogP contribution in [0.25, 0.3) is 0 Å². The van der Waals surface area contributed by atoms with Crippen LogP contribution < -0.4 is 4.74 Å². The van der Waals surface area contributed by atoms with Crippen molar-refractivity contribution in [3.8, 4) is 5.75 Å². The molecular weight excluding hydrogens is 428 g/mol. The average molecular weight is 465 g/mol. The van der Waals surface area contributed by atoms with Crippen molar-refractivity contribution in [2.45, 2.75) is 46.0 Å². The van der Waals surface area contributed by atoms with Crippen molar-refractivity contribution >= 4 is 11.8 Å². The number of carbonyl (C=O) groups excluding carboxylic acids is 2. The third-order valence-corrected chi connectivity index (χ3v) is 7.55. The van der Waals surface area contributed by atoms with E-state index in [9.17, 15) is 14.7 Å². The van der Waals surface area contributed by atoms with Crippen molar-refractivity contribution in [1.82, 2.24) is 9.80 Å². The molecule has 1 fully saturated rings. The highest BCUT2D eigenvalue weighted by Gasteiger charge is 2.36. The van der Waals surface area contributed by atoms with E-state index in [2.05, 4.69) is 0 Å². The summed E-state index contributed by atoms with van der Waals surface area (Å²) in [4.78, 5) is 30.6. The van der Waals surface area contributed by atoms with E-state index >= 15 is 0 Å². The monoisotopic (exact) mass is 464 g/mol. The molecule has 0 aromatic heterocycles. The first-order chi connectivity index (χ1) is 16.4. The van der Waals surface area contributed by atoms with Gasteiger partial charge < -0.3 is 19.6 Å². The van der Waals surface area contributed by atoms with Gasteiger partial charge in [0.25, 0.3) is 11.8 Å². The summed E-state index contributed by atoms with van der Waals surface area (Å²) in [6.07, 6.45) is 4.31. The molecule has 5 rings (SSSR count). The Bertz CT molecular complexity index is 1010. The van der Waals surface area contributed by atoms with Gasteiger partial charge in [-0.15, -0.1) is 0 Å². The number of fused-ring (bicyclic) bond motifs is 9. The molecule has 0 aliphatic carbocycles. The fourth-order valence-electron chi connectivity index (χ4n) is 5.30. The molecule has 3 heterocycles. The second kappa shape index (κ2) is 10.6. The van der Waals surface area contributed by atoms with E-state index in [1.165, 1.54) is 0 Å². The van der Waals surface area contributed by atoms with Crippen LogP contribution in [0.2, 0.25) is 0 Å². The Morgan fingerprint density at radius 3 is 2.35 bits per heavy atom. The van der Waals surface area contributed by atoms with Crippen LogP contribution in [-0.2, 0) is 0 Å². The number of ether oxygens (including phenoxy) is 1. The first-order valence-corrected chi connectivity index (χ1v) is 12.4. The number of piperidine rings is 1. The number of para-hydroxylation sites is 1. The van der Waals surface area contributed by atoms with Crippen LogP contribution in [0.15, 0.2) is 42.5 Å². The Morgan fingerprint density at radius 1 is 0.941 bits per heavy atom. The predicted molar refractivity (Wildman–Crippen MR) is 132 cm³/mol. The molecule has 6 nitrogen and oxygen atoms in total. The standard InChI is InChI=1S/C28H36N2O4/c1-21-8-7-9-22(2)25(21)27(33)29-15-6-5-12-28(20-31)13-16-30(17-14-28)26(32)23-10-3-4-11-24(23)34-19-18-29/h3-4,7-11,31H,5-6,12-20H2,1-2H3. The highest BCUT2D eigenvalue weighted by atomic mass is 16.5. The minimum atomic E-state index is -0.144. The highest BCUT2D eigenvalue weighted by Crippen LogP contribution is 2.37. The number of benzene rings is 2. The maximum absolute atomic E-state index is 13.5. The lowest BCUT2D eigenvalue weighted by atomic mass is 9.75. The van der Waals surface area contributed by atoms with E-state index in [4.69, 9.17) is 4.74 Å². The molecular formula is C28H36N2O4. The fraction of sp³-hybridized carbons (Fsp3) is 0.500. The first-order valence-electron chi connectivity index (χ1n) is 12.4. The van der Waals surface area contributed by atoms with Gasteiger partial charge in [-0.25, -0.2) is 0 Å². The van der Waals surface area contributed by atoms with Crippen LogP contribution in [0.5, 0.6) is 5.75 Å². The Kier molecular flexibility index (Phi) is 7.57. The van der Waals surface area contributed by atoms with Crippen molar-refractivity contribution in [2.75, 3.05) is 39.4 Å². The summed E-state index contributed by atoms with van der Waals surface area (Å²) in [7, 11) is 0. The van der Waals surface area contributed by atoms with E-state index in [-0.39, 0.29) is 23.8 Å². The molecule has 1 saturated heterocycles. The maximum atomic E-state index is 13.5. The zero-order valence-electron chi connectivity index (χ0n) is 20.4. The molecule has 3 aliphatic rings. The molecule has 6 heteroatoms. The number of hydrogen-bond donors (Lipinski definition) is 1. The largest absolute Gasteiger partial charge is 0.491 e. The van der Waals surface area contributed by atoms with Crippen molar-refractivity contribution < 1.29 is 19.4 Å². The highest BCUT2D eigenvalue weighted by molar-refractivity contribution is 5.97. The Labute approximate surface area is 202 Å². The van der Waals surface area contributed by atoms with Gasteiger partial charge in [-0.1, -0.05) is 36.8 Å². The van der Waals surface area contributed by atoms with Gasteiger partial charge in [-0.3, -0.25) is 9.59 Å². The number of hydrogen-bond acceptors (Lipinski definition) is 4. The van der Waals surface area contributed by atoms with E-state index in [1.54, 1.807) is 0 Å². The zero-order chi connectivity index (χ0) is 24.1. The van der Waals surface area contributed by atoms with Gasteiger partial charge in [0.05, 0.1) is 12.1 Å². The van der Waals surface area contributed by atoms with Gasteiger partial charge in [0.1, 0.15) is 12.4 Å². The van der Waals surface area contributed by atoms with Gasteiger partial charge in [-0.05, 0) is 68.2 Å². The number of rotatable bonds is 2. The smallest absolute Gasteiger partial charge is 0.257 e. The molecule has 1 N–H and O–H groups in total. The van der Waals surface area contributed by atoms with Crippen LogP contribution in [0.4, 0.5) is 0 Å². The summed E-state index contributed by atoms with van der Waals surface area (Å²) in [5, 5.41) is 10.2. The molecule has 182 valence electrons. The summed E-state index contributed by atoms with van der Waals surface area (Å²) in [6, 6.07) is 13.3. The number of aliphatic hydroxyl groups is 1. The van der Waals surface area contributed by atoms with Crippen LogP contribution in [0.1, 0.15) is 63.9 Å². The molecule has 0 atom stereocenters. The SMILES string of the molecule is Cc1cccc(C)c1C(=O)N1CCCCC2(CO)CCN(CC2)C(=O)c2ccccc2OCC1. The molecule has 34 heavy (non-hydrogen) atoms. The minimum absolute atomic E-state index is 0.0248. The predicted octanol–water partition coefficient (Wildman–Crippen LogP) is 4.22. The van der Waals surface area contributed by atoms with Crippen LogP contribution in [0, 0.1) is 19.3 Å². The molecule has 3 aliphatic heterocycles. The third kappa shape index (κ3) is 5.12. The number of carbonyl (C=O) groups is 2. The van der Waals surface area contributed by atoms with E-state index < -0.39 is 0 Å². The number of aliphatic hydroxyl groups excluding tert-OH is 1. The van der Waals surface area contributed by atoms with Crippen molar-refractivity contribution in [3.63, 3.8) is 0 Å².